The number of benzene rings is 1. The van der Waals surface area contributed by atoms with Crippen LogP contribution in [0.1, 0.15) is 30.3 Å². The third-order valence-corrected chi connectivity index (χ3v) is 5.27. The lowest BCUT2D eigenvalue weighted by Gasteiger charge is -2.19. The molecule has 1 aliphatic heterocycles. The lowest BCUT2D eigenvalue weighted by Crippen LogP contribution is -2.33. The number of fused-ring (bicyclic) bond motifs is 1. The van der Waals surface area contributed by atoms with Gasteiger partial charge in [-0.2, -0.15) is 0 Å². The van der Waals surface area contributed by atoms with Crippen molar-refractivity contribution in [3.8, 4) is 17.0 Å². The molecule has 0 spiro atoms. The lowest BCUT2D eigenvalue weighted by molar-refractivity contribution is 0.0742. The van der Waals surface area contributed by atoms with Gasteiger partial charge in [-0.25, -0.2) is 4.98 Å². The molecule has 2 aromatic heterocycles. The van der Waals surface area contributed by atoms with Gasteiger partial charge in [-0.15, -0.1) is 0 Å². The predicted molar refractivity (Wildman–Crippen MR) is 102 cm³/mol. The fourth-order valence-corrected chi connectivity index (χ4v) is 3.64. The molecule has 0 aliphatic carbocycles. The SMILES string of the molecule is COc1ccc(-c2cn3cc(C(=O)N4CCC[C@H]4C)nc3c(=O)n2C)cc1. The summed E-state index contributed by atoms with van der Waals surface area (Å²) in [5, 5.41) is 0. The van der Waals surface area contributed by atoms with E-state index in [0.717, 1.165) is 36.4 Å². The largest absolute Gasteiger partial charge is 0.497 e. The highest BCUT2D eigenvalue weighted by atomic mass is 16.5. The molecule has 0 saturated carbocycles. The van der Waals surface area contributed by atoms with Gasteiger partial charge in [0.1, 0.15) is 11.4 Å². The van der Waals surface area contributed by atoms with Crippen molar-refractivity contribution < 1.29 is 9.53 Å². The standard InChI is InChI=1S/C20H22N4O3/c1-13-5-4-10-24(13)19(25)16-11-23-12-17(22(2)20(26)18(23)21-16)14-6-8-15(27-3)9-7-14/h6-9,11-13H,4-5,10H2,1-3H3/t13-/m1/s1. The Balaban J connectivity index is 1.78. The molecule has 1 fully saturated rings. The van der Waals surface area contributed by atoms with Crippen molar-refractivity contribution >= 4 is 11.6 Å². The fraction of sp³-hybridized carbons (Fsp3) is 0.350. The predicted octanol–water partition coefficient (Wildman–Crippen LogP) is 2.33. The molecule has 27 heavy (non-hydrogen) atoms. The van der Waals surface area contributed by atoms with Crippen molar-refractivity contribution in [1.82, 2.24) is 18.9 Å². The number of carbonyl (C=O) groups excluding carboxylic acids is 1. The molecular formula is C20H22N4O3. The van der Waals surface area contributed by atoms with E-state index in [0.29, 0.717) is 5.69 Å². The first-order chi connectivity index (χ1) is 13.0. The number of hydrogen-bond acceptors (Lipinski definition) is 4. The molecule has 1 saturated heterocycles. The lowest BCUT2D eigenvalue weighted by atomic mass is 10.1. The zero-order valence-corrected chi connectivity index (χ0v) is 15.7. The van der Waals surface area contributed by atoms with Crippen LogP contribution in [0.15, 0.2) is 41.5 Å². The molecule has 140 valence electrons. The van der Waals surface area contributed by atoms with Crippen LogP contribution in [0.25, 0.3) is 16.9 Å². The molecule has 3 aromatic rings. The van der Waals surface area contributed by atoms with Gasteiger partial charge >= 0.3 is 0 Å². The molecule has 0 N–H and O–H groups in total. The third-order valence-electron chi connectivity index (χ3n) is 5.27. The van der Waals surface area contributed by atoms with Crippen molar-refractivity contribution in [3.05, 3.63) is 52.7 Å². The third kappa shape index (κ3) is 2.89. The topological polar surface area (TPSA) is 68.8 Å². The number of ether oxygens (including phenoxy) is 1. The molecule has 1 amide bonds. The summed E-state index contributed by atoms with van der Waals surface area (Å²) in [7, 11) is 3.32. The molecule has 0 bridgehead atoms. The van der Waals surface area contributed by atoms with E-state index in [4.69, 9.17) is 4.74 Å². The highest BCUT2D eigenvalue weighted by Gasteiger charge is 2.28. The van der Waals surface area contributed by atoms with Crippen LogP contribution in [0.4, 0.5) is 0 Å². The highest BCUT2D eigenvalue weighted by molar-refractivity contribution is 5.93. The molecule has 1 atom stereocenters. The maximum atomic E-state index is 12.8. The zero-order chi connectivity index (χ0) is 19.1. The Hall–Kier alpha value is -3.09. The van der Waals surface area contributed by atoms with Gasteiger partial charge in [0.15, 0.2) is 0 Å². The Morgan fingerprint density at radius 2 is 1.96 bits per heavy atom. The number of rotatable bonds is 3. The summed E-state index contributed by atoms with van der Waals surface area (Å²) in [6.45, 7) is 2.78. The maximum Gasteiger partial charge on any atom is 0.294 e. The van der Waals surface area contributed by atoms with E-state index in [2.05, 4.69) is 4.98 Å². The number of imidazole rings is 1. The van der Waals surface area contributed by atoms with Gasteiger partial charge in [-0.3, -0.25) is 14.0 Å². The second kappa shape index (κ2) is 6.57. The van der Waals surface area contributed by atoms with E-state index in [1.165, 1.54) is 0 Å². The molecule has 7 heteroatoms. The van der Waals surface area contributed by atoms with E-state index < -0.39 is 0 Å². The van der Waals surface area contributed by atoms with Crippen molar-refractivity contribution in [2.45, 2.75) is 25.8 Å². The minimum Gasteiger partial charge on any atom is -0.497 e. The van der Waals surface area contributed by atoms with Crippen LogP contribution in [0.5, 0.6) is 5.75 Å². The minimum atomic E-state index is -0.239. The number of methoxy groups -OCH3 is 1. The first-order valence-electron chi connectivity index (χ1n) is 9.03. The molecule has 0 radical (unpaired) electrons. The summed E-state index contributed by atoms with van der Waals surface area (Å²) in [4.78, 5) is 31.7. The second-order valence-corrected chi connectivity index (χ2v) is 6.95. The van der Waals surface area contributed by atoms with Crippen molar-refractivity contribution in [1.29, 1.82) is 0 Å². The zero-order valence-electron chi connectivity index (χ0n) is 15.7. The number of nitrogens with zero attached hydrogens (tertiary/aromatic N) is 4. The van der Waals surface area contributed by atoms with Crippen LogP contribution in [-0.2, 0) is 7.05 Å². The summed E-state index contributed by atoms with van der Waals surface area (Å²) in [5.41, 5.74) is 1.95. The van der Waals surface area contributed by atoms with Crippen LogP contribution in [0, 0.1) is 0 Å². The van der Waals surface area contributed by atoms with E-state index in [1.54, 1.807) is 29.3 Å². The van der Waals surface area contributed by atoms with Crippen molar-refractivity contribution in [2.75, 3.05) is 13.7 Å². The summed E-state index contributed by atoms with van der Waals surface area (Å²) >= 11 is 0. The summed E-state index contributed by atoms with van der Waals surface area (Å²) < 4.78 is 8.39. The van der Waals surface area contributed by atoms with Gasteiger partial charge < -0.3 is 14.2 Å². The summed E-state index contributed by atoms with van der Waals surface area (Å²) in [5.74, 6) is 0.636. The number of aromatic nitrogens is 3. The molecule has 3 heterocycles. The van der Waals surface area contributed by atoms with Crippen LogP contribution >= 0.6 is 0 Å². The van der Waals surface area contributed by atoms with Gasteiger partial charge in [0, 0.05) is 37.6 Å². The average Bonchev–Trinajstić information content (AvgIpc) is 3.30. The van der Waals surface area contributed by atoms with E-state index in [9.17, 15) is 9.59 Å². The normalized spacial score (nSPS) is 16.9. The van der Waals surface area contributed by atoms with Gasteiger partial charge in [0.2, 0.25) is 5.65 Å². The molecule has 0 unspecified atom stereocenters. The Kier molecular flexibility index (Phi) is 4.22. The van der Waals surface area contributed by atoms with Crippen molar-refractivity contribution in [3.63, 3.8) is 0 Å². The Bertz CT molecular complexity index is 1070. The van der Waals surface area contributed by atoms with Crippen LogP contribution in [0.3, 0.4) is 0 Å². The molecule has 4 rings (SSSR count). The van der Waals surface area contributed by atoms with E-state index in [-0.39, 0.29) is 23.2 Å². The maximum absolute atomic E-state index is 12.8. The Morgan fingerprint density at radius 1 is 1.22 bits per heavy atom. The van der Waals surface area contributed by atoms with Gasteiger partial charge in [-0.05, 0) is 44.0 Å². The molecular weight excluding hydrogens is 344 g/mol. The highest BCUT2D eigenvalue weighted by Crippen LogP contribution is 2.22. The number of hydrogen-bond donors (Lipinski definition) is 0. The van der Waals surface area contributed by atoms with Crippen LogP contribution in [-0.4, -0.2) is 44.5 Å². The quantitative estimate of drug-likeness (QED) is 0.713. The van der Waals surface area contributed by atoms with E-state index >= 15 is 0 Å². The van der Waals surface area contributed by atoms with Crippen LogP contribution in [0.2, 0.25) is 0 Å². The monoisotopic (exact) mass is 366 g/mol. The van der Waals surface area contributed by atoms with E-state index in [1.807, 2.05) is 42.3 Å². The molecule has 1 aromatic carbocycles. The van der Waals surface area contributed by atoms with Crippen LogP contribution < -0.4 is 10.3 Å². The first-order valence-corrected chi connectivity index (χ1v) is 9.03. The van der Waals surface area contributed by atoms with Crippen molar-refractivity contribution in [2.24, 2.45) is 7.05 Å². The average molecular weight is 366 g/mol. The second-order valence-electron chi connectivity index (χ2n) is 6.95. The van der Waals surface area contributed by atoms with Gasteiger partial charge in [-0.1, -0.05) is 0 Å². The fourth-order valence-electron chi connectivity index (χ4n) is 3.64. The number of likely N-dealkylation sites (tertiary alicyclic amines) is 1. The van der Waals surface area contributed by atoms with Gasteiger partial charge in [0.25, 0.3) is 11.5 Å². The Morgan fingerprint density at radius 3 is 2.59 bits per heavy atom. The smallest absolute Gasteiger partial charge is 0.294 e. The summed E-state index contributed by atoms with van der Waals surface area (Å²) in [6.07, 6.45) is 5.49. The molecule has 1 aliphatic rings. The number of carbonyl (C=O) groups is 1. The summed E-state index contributed by atoms with van der Waals surface area (Å²) in [6, 6.07) is 7.70. The number of amides is 1. The first kappa shape index (κ1) is 17.3. The minimum absolute atomic E-state index is 0.114. The molecule has 7 nitrogen and oxygen atoms in total. The Labute approximate surface area is 156 Å². The van der Waals surface area contributed by atoms with Gasteiger partial charge in [0.05, 0.1) is 12.8 Å².